The summed E-state index contributed by atoms with van der Waals surface area (Å²) in [5, 5.41) is 6.12. The average molecular weight is 381 g/mol. The number of likely N-dealkylation sites (tertiary alicyclic amines) is 1. The van der Waals surface area contributed by atoms with E-state index in [0.29, 0.717) is 12.0 Å². The van der Waals surface area contributed by atoms with E-state index >= 15 is 0 Å². The first-order valence-corrected chi connectivity index (χ1v) is 9.13. The fraction of sp³-hybridized carbons (Fsp3) is 0.588. The largest absolute Gasteiger partial charge is 0.371 e. The third-order valence-electron chi connectivity index (χ3n) is 4.76. The van der Waals surface area contributed by atoms with Gasteiger partial charge < -0.3 is 20.4 Å². The molecule has 2 saturated heterocycles. The quantitative estimate of drug-likeness (QED) is 0.842. The summed E-state index contributed by atoms with van der Waals surface area (Å²) < 4.78 is 1.10. The van der Waals surface area contributed by atoms with Crippen LogP contribution in [0.25, 0.3) is 0 Å². The van der Waals surface area contributed by atoms with Gasteiger partial charge in [-0.1, -0.05) is 15.9 Å². The number of hydrogen-bond donors (Lipinski definition) is 2. The van der Waals surface area contributed by atoms with E-state index in [9.17, 15) is 4.79 Å². The van der Waals surface area contributed by atoms with E-state index < -0.39 is 0 Å². The molecule has 2 unspecified atom stereocenters. The van der Waals surface area contributed by atoms with Gasteiger partial charge in [-0.2, -0.15) is 0 Å². The molecule has 2 atom stereocenters. The summed E-state index contributed by atoms with van der Waals surface area (Å²) in [5.41, 5.74) is 1.26. The molecule has 23 heavy (non-hydrogen) atoms. The number of rotatable bonds is 4. The lowest BCUT2D eigenvalue weighted by atomic mass is 10.1. The molecule has 126 valence electrons. The number of urea groups is 1. The zero-order valence-electron chi connectivity index (χ0n) is 13.6. The van der Waals surface area contributed by atoms with Crippen molar-refractivity contribution in [3.8, 4) is 0 Å². The minimum Gasteiger partial charge on any atom is -0.371 e. The van der Waals surface area contributed by atoms with Crippen LogP contribution in [0.4, 0.5) is 10.5 Å². The van der Waals surface area contributed by atoms with Crippen LogP contribution >= 0.6 is 15.9 Å². The third-order valence-corrected chi connectivity index (χ3v) is 5.28. The highest BCUT2D eigenvalue weighted by Crippen LogP contribution is 2.24. The number of benzene rings is 1. The van der Waals surface area contributed by atoms with Crippen LogP contribution in [-0.4, -0.2) is 56.7 Å². The molecule has 2 aliphatic heterocycles. The van der Waals surface area contributed by atoms with Crippen molar-refractivity contribution in [2.75, 3.05) is 44.7 Å². The van der Waals surface area contributed by atoms with Crippen molar-refractivity contribution in [3.05, 3.63) is 28.7 Å². The molecule has 2 N–H and O–H groups in total. The Morgan fingerprint density at radius 3 is 2.70 bits per heavy atom. The monoisotopic (exact) mass is 380 g/mol. The number of amides is 2. The average Bonchev–Trinajstić information content (AvgIpc) is 3.15. The van der Waals surface area contributed by atoms with Crippen molar-refractivity contribution in [1.29, 1.82) is 0 Å². The topological polar surface area (TPSA) is 47.6 Å². The first kappa shape index (κ1) is 16.6. The summed E-state index contributed by atoms with van der Waals surface area (Å²) >= 11 is 3.47. The number of carbonyl (C=O) groups excluding carboxylic acids is 1. The Morgan fingerprint density at radius 1 is 1.22 bits per heavy atom. The zero-order chi connectivity index (χ0) is 16.2. The van der Waals surface area contributed by atoms with E-state index in [-0.39, 0.29) is 6.03 Å². The van der Waals surface area contributed by atoms with Gasteiger partial charge in [0.05, 0.1) is 0 Å². The Hall–Kier alpha value is -1.27. The van der Waals surface area contributed by atoms with Crippen molar-refractivity contribution in [1.82, 2.24) is 15.5 Å². The van der Waals surface area contributed by atoms with Gasteiger partial charge in [0.2, 0.25) is 0 Å². The van der Waals surface area contributed by atoms with Gasteiger partial charge in [0, 0.05) is 42.4 Å². The predicted octanol–water partition coefficient (Wildman–Crippen LogP) is 2.28. The minimum atomic E-state index is -0.0209. The van der Waals surface area contributed by atoms with Crippen molar-refractivity contribution >= 4 is 27.6 Å². The van der Waals surface area contributed by atoms with Gasteiger partial charge in [-0.25, -0.2) is 4.79 Å². The molecule has 5 nitrogen and oxygen atoms in total. The molecular weight excluding hydrogens is 356 g/mol. The molecule has 2 amide bonds. The smallest absolute Gasteiger partial charge is 0.315 e. The predicted molar refractivity (Wildman–Crippen MR) is 96.9 cm³/mol. The number of hydrogen-bond acceptors (Lipinski definition) is 3. The minimum absolute atomic E-state index is 0.0209. The maximum absolute atomic E-state index is 12.0. The molecule has 0 bridgehead atoms. The number of likely N-dealkylation sites (N-methyl/N-ethyl adjacent to an activating group) is 1. The second-order valence-electron chi connectivity index (χ2n) is 6.68. The summed E-state index contributed by atoms with van der Waals surface area (Å²) in [5.74, 6) is 0.524. The van der Waals surface area contributed by atoms with Crippen LogP contribution in [0.15, 0.2) is 28.7 Å². The van der Waals surface area contributed by atoms with Crippen LogP contribution < -0.4 is 15.5 Å². The molecule has 3 rings (SSSR count). The lowest BCUT2D eigenvalue weighted by Crippen LogP contribution is -2.44. The van der Waals surface area contributed by atoms with Crippen molar-refractivity contribution < 1.29 is 4.79 Å². The van der Waals surface area contributed by atoms with Gasteiger partial charge in [-0.05, 0) is 56.6 Å². The van der Waals surface area contributed by atoms with Crippen molar-refractivity contribution in [2.45, 2.75) is 18.9 Å². The van der Waals surface area contributed by atoms with E-state index in [0.717, 1.165) is 50.0 Å². The molecule has 2 heterocycles. The summed E-state index contributed by atoms with van der Waals surface area (Å²) in [4.78, 5) is 16.6. The molecule has 0 aromatic heterocycles. The maximum atomic E-state index is 12.0. The number of anilines is 1. The number of halogens is 1. The van der Waals surface area contributed by atoms with Gasteiger partial charge in [0.25, 0.3) is 0 Å². The molecule has 1 aromatic carbocycles. The summed E-state index contributed by atoms with van der Waals surface area (Å²) in [6.45, 7) is 4.84. The summed E-state index contributed by atoms with van der Waals surface area (Å²) in [6, 6.07) is 8.71. The highest BCUT2D eigenvalue weighted by Gasteiger charge is 2.24. The lowest BCUT2D eigenvalue weighted by molar-refractivity contribution is 0.235. The second-order valence-corrected chi connectivity index (χ2v) is 7.60. The Bertz CT molecular complexity index is 536. The van der Waals surface area contributed by atoms with E-state index in [1.54, 1.807) is 0 Å². The Balaban J connectivity index is 1.40. The maximum Gasteiger partial charge on any atom is 0.315 e. The Morgan fingerprint density at radius 2 is 2.00 bits per heavy atom. The first-order chi connectivity index (χ1) is 11.1. The van der Waals surface area contributed by atoms with Gasteiger partial charge in [-0.3, -0.25) is 0 Å². The van der Waals surface area contributed by atoms with Crippen LogP contribution in [0.3, 0.4) is 0 Å². The highest BCUT2D eigenvalue weighted by atomic mass is 79.9. The number of nitrogens with zero attached hydrogens (tertiary/aromatic N) is 2. The SMILES string of the molecule is CN1CCC(NC(=O)NCC2CCN(c3ccc(Br)cc3)C2)C1. The number of nitrogens with one attached hydrogen (secondary N) is 2. The van der Waals surface area contributed by atoms with E-state index in [1.807, 2.05) is 0 Å². The standard InChI is InChI=1S/C17H25BrN4O/c1-21-8-7-15(12-21)20-17(23)19-10-13-6-9-22(11-13)16-4-2-14(18)3-5-16/h2-5,13,15H,6-12H2,1H3,(H2,19,20,23). The molecule has 0 radical (unpaired) electrons. The third kappa shape index (κ3) is 4.61. The van der Waals surface area contributed by atoms with E-state index in [1.165, 1.54) is 5.69 Å². The van der Waals surface area contributed by atoms with Gasteiger partial charge in [0.1, 0.15) is 0 Å². The zero-order valence-corrected chi connectivity index (χ0v) is 15.2. The molecule has 6 heteroatoms. The molecule has 2 aliphatic rings. The normalized spacial score (nSPS) is 24.9. The first-order valence-electron chi connectivity index (χ1n) is 8.33. The molecule has 0 aliphatic carbocycles. The Labute approximate surface area is 146 Å². The van der Waals surface area contributed by atoms with Crippen LogP contribution in [0.5, 0.6) is 0 Å². The molecular formula is C17H25BrN4O. The Kier molecular flexibility index (Phi) is 5.43. The fourth-order valence-electron chi connectivity index (χ4n) is 3.41. The van der Waals surface area contributed by atoms with E-state index in [2.05, 4.69) is 67.7 Å². The highest BCUT2D eigenvalue weighted by molar-refractivity contribution is 9.10. The van der Waals surface area contributed by atoms with Crippen LogP contribution in [0, 0.1) is 5.92 Å². The molecule has 0 saturated carbocycles. The molecule has 0 spiro atoms. The van der Waals surface area contributed by atoms with Crippen LogP contribution in [-0.2, 0) is 0 Å². The summed E-state index contributed by atoms with van der Waals surface area (Å²) in [7, 11) is 2.09. The summed E-state index contributed by atoms with van der Waals surface area (Å²) in [6.07, 6.45) is 2.17. The van der Waals surface area contributed by atoms with Crippen molar-refractivity contribution in [2.24, 2.45) is 5.92 Å². The lowest BCUT2D eigenvalue weighted by Gasteiger charge is -2.19. The van der Waals surface area contributed by atoms with Crippen LogP contribution in [0.1, 0.15) is 12.8 Å². The van der Waals surface area contributed by atoms with Gasteiger partial charge in [-0.15, -0.1) is 0 Å². The van der Waals surface area contributed by atoms with Crippen LogP contribution in [0.2, 0.25) is 0 Å². The molecule has 2 fully saturated rings. The van der Waals surface area contributed by atoms with Crippen molar-refractivity contribution in [3.63, 3.8) is 0 Å². The van der Waals surface area contributed by atoms with Gasteiger partial charge >= 0.3 is 6.03 Å². The van der Waals surface area contributed by atoms with Gasteiger partial charge in [0.15, 0.2) is 0 Å². The second kappa shape index (κ2) is 7.53. The molecule has 1 aromatic rings. The number of carbonyl (C=O) groups is 1. The van der Waals surface area contributed by atoms with E-state index in [4.69, 9.17) is 0 Å². The fourth-order valence-corrected chi connectivity index (χ4v) is 3.68.